The van der Waals surface area contributed by atoms with E-state index in [1.54, 1.807) is 30.3 Å². The number of thiazole rings is 1. The number of ether oxygens (including phenoxy) is 1. The monoisotopic (exact) mass is 345 g/mol. The van der Waals surface area contributed by atoms with Crippen molar-refractivity contribution in [2.45, 2.75) is 6.54 Å². The SMILES string of the molecule is COC(=O)c1ccc(/C=C/C(=O)Nc2nc(CN(C)C)cs2)cc1. The highest BCUT2D eigenvalue weighted by Gasteiger charge is 2.06. The molecule has 0 unspecified atom stereocenters. The van der Waals surface area contributed by atoms with Gasteiger partial charge >= 0.3 is 5.97 Å². The molecule has 7 heteroatoms. The van der Waals surface area contributed by atoms with Gasteiger partial charge in [0.25, 0.3) is 0 Å². The van der Waals surface area contributed by atoms with Gasteiger partial charge in [0.05, 0.1) is 18.4 Å². The maximum Gasteiger partial charge on any atom is 0.337 e. The number of esters is 1. The average Bonchev–Trinajstić information content (AvgIpc) is 2.98. The van der Waals surface area contributed by atoms with Crippen molar-refractivity contribution in [3.05, 3.63) is 52.5 Å². The summed E-state index contributed by atoms with van der Waals surface area (Å²) in [5.74, 6) is -0.640. The predicted octanol–water partition coefficient (Wildman–Crippen LogP) is 2.64. The van der Waals surface area contributed by atoms with E-state index in [1.165, 1.54) is 24.5 Å². The molecule has 0 aliphatic rings. The maximum absolute atomic E-state index is 11.9. The van der Waals surface area contributed by atoms with Gasteiger partial charge in [0.15, 0.2) is 5.13 Å². The van der Waals surface area contributed by atoms with Crippen LogP contribution in [-0.4, -0.2) is 43.0 Å². The highest BCUT2D eigenvalue weighted by Crippen LogP contribution is 2.16. The third-order valence-corrected chi connectivity index (χ3v) is 3.83. The molecular weight excluding hydrogens is 326 g/mol. The lowest BCUT2D eigenvalue weighted by Gasteiger charge is -2.05. The third kappa shape index (κ3) is 5.29. The average molecular weight is 345 g/mol. The van der Waals surface area contributed by atoms with Crippen molar-refractivity contribution in [3.8, 4) is 0 Å². The second kappa shape index (κ2) is 8.37. The predicted molar refractivity (Wildman–Crippen MR) is 95.0 cm³/mol. The number of benzene rings is 1. The Hall–Kier alpha value is -2.51. The first-order valence-electron chi connectivity index (χ1n) is 7.24. The van der Waals surface area contributed by atoms with Crippen molar-refractivity contribution in [3.63, 3.8) is 0 Å². The van der Waals surface area contributed by atoms with Gasteiger partial charge in [0.2, 0.25) is 5.91 Å². The molecule has 1 amide bonds. The number of carbonyl (C=O) groups is 2. The Bertz CT molecular complexity index is 736. The second-order valence-electron chi connectivity index (χ2n) is 5.32. The van der Waals surface area contributed by atoms with Gasteiger partial charge in [-0.2, -0.15) is 0 Å². The zero-order valence-corrected chi connectivity index (χ0v) is 14.6. The molecule has 1 aromatic carbocycles. The molecule has 6 nitrogen and oxygen atoms in total. The molecule has 0 saturated carbocycles. The highest BCUT2D eigenvalue weighted by atomic mass is 32.1. The molecule has 0 saturated heterocycles. The van der Waals surface area contributed by atoms with Gasteiger partial charge < -0.3 is 9.64 Å². The molecule has 2 aromatic rings. The Morgan fingerprint density at radius 2 is 2.00 bits per heavy atom. The van der Waals surface area contributed by atoms with Gasteiger partial charge in [0.1, 0.15) is 0 Å². The first-order valence-corrected chi connectivity index (χ1v) is 8.12. The lowest BCUT2D eigenvalue weighted by Crippen LogP contribution is -2.11. The van der Waals surface area contributed by atoms with E-state index in [9.17, 15) is 9.59 Å². The van der Waals surface area contributed by atoms with E-state index in [-0.39, 0.29) is 11.9 Å². The third-order valence-electron chi connectivity index (χ3n) is 3.02. The summed E-state index contributed by atoms with van der Waals surface area (Å²) in [7, 11) is 5.26. The van der Waals surface area contributed by atoms with Crippen LogP contribution in [0.3, 0.4) is 0 Å². The van der Waals surface area contributed by atoms with Crippen molar-refractivity contribution in [2.24, 2.45) is 0 Å². The molecule has 1 aromatic heterocycles. The fourth-order valence-electron chi connectivity index (χ4n) is 1.93. The molecule has 1 N–H and O–H groups in total. The zero-order valence-electron chi connectivity index (χ0n) is 13.8. The van der Waals surface area contributed by atoms with Crippen LogP contribution in [0.15, 0.2) is 35.7 Å². The number of hydrogen-bond donors (Lipinski definition) is 1. The quantitative estimate of drug-likeness (QED) is 0.644. The fraction of sp³-hybridized carbons (Fsp3) is 0.235. The molecular formula is C17H19N3O3S. The molecule has 126 valence electrons. The van der Waals surface area contributed by atoms with Crippen LogP contribution < -0.4 is 5.32 Å². The minimum absolute atomic E-state index is 0.252. The number of amides is 1. The lowest BCUT2D eigenvalue weighted by atomic mass is 10.1. The van der Waals surface area contributed by atoms with Gasteiger partial charge in [0, 0.05) is 18.0 Å². The Morgan fingerprint density at radius 1 is 1.29 bits per heavy atom. The summed E-state index contributed by atoms with van der Waals surface area (Å²) < 4.78 is 4.64. The first kappa shape index (κ1) is 17.8. The summed E-state index contributed by atoms with van der Waals surface area (Å²) in [6, 6.07) is 6.79. The number of methoxy groups -OCH3 is 1. The van der Waals surface area contributed by atoms with E-state index >= 15 is 0 Å². The van der Waals surface area contributed by atoms with Crippen LogP contribution in [0.2, 0.25) is 0 Å². The van der Waals surface area contributed by atoms with Crippen molar-refractivity contribution in [1.82, 2.24) is 9.88 Å². The number of rotatable bonds is 6. The van der Waals surface area contributed by atoms with Gasteiger partial charge in [-0.05, 0) is 37.9 Å². The molecule has 2 rings (SSSR count). The molecule has 0 spiro atoms. The summed E-state index contributed by atoms with van der Waals surface area (Å²) in [5, 5.41) is 5.23. The van der Waals surface area contributed by atoms with Gasteiger partial charge in [-0.1, -0.05) is 12.1 Å². The molecule has 0 aliphatic heterocycles. The lowest BCUT2D eigenvalue weighted by molar-refractivity contribution is -0.111. The smallest absolute Gasteiger partial charge is 0.337 e. The summed E-state index contributed by atoms with van der Waals surface area (Å²) in [4.78, 5) is 29.6. The number of nitrogens with zero attached hydrogens (tertiary/aromatic N) is 2. The standard InChI is InChI=1S/C17H19N3O3S/c1-20(2)10-14-11-24-17(18-14)19-15(21)9-6-12-4-7-13(8-5-12)16(22)23-3/h4-9,11H,10H2,1-3H3,(H,18,19,21)/b9-6+. The van der Waals surface area contributed by atoms with Crippen LogP contribution in [0.5, 0.6) is 0 Å². The van der Waals surface area contributed by atoms with E-state index in [4.69, 9.17) is 0 Å². The summed E-state index contributed by atoms with van der Waals surface area (Å²) in [6.07, 6.45) is 3.10. The van der Waals surface area contributed by atoms with E-state index < -0.39 is 0 Å². The van der Waals surface area contributed by atoms with Crippen LogP contribution >= 0.6 is 11.3 Å². The van der Waals surface area contributed by atoms with E-state index in [2.05, 4.69) is 15.0 Å². The fourth-order valence-corrected chi connectivity index (χ4v) is 2.63. The van der Waals surface area contributed by atoms with E-state index in [1.807, 2.05) is 24.4 Å². The van der Waals surface area contributed by atoms with Crippen LogP contribution in [-0.2, 0) is 16.1 Å². The Kier molecular flexibility index (Phi) is 6.22. The van der Waals surface area contributed by atoms with Crippen molar-refractivity contribution < 1.29 is 14.3 Å². The Balaban J connectivity index is 1.92. The second-order valence-corrected chi connectivity index (χ2v) is 6.18. The number of anilines is 1. The molecule has 0 atom stereocenters. The van der Waals surface area contributed by atoms with Crippen LogP contribution in [0.25, 0.3) is 6.08 Å². The summed E-state index contributed by atoms with van der Waals surface area (Å²) in [5.41, 5.74) is 2.20. The largest absolute Gasteiger partial charge is 0.465 e. The number of carbonyl (C=O) groups excluding carboxylic acids is 2. The van der Waals surface area contributed by atoms with Crippen molar-refractivity contribution in [2.75, 3.05) is 26.5 Å². The van der Waals surface area contributed by atoms with Gasteiger partial charge in [-0.15, -0.1) is 11.3 Å². The number of nitrogens with one attached hydrogen (secondary N) is 1. The van der Waals surface area contributed by atoms with E-state index in [0.29, 0.717) is 10.7 Å². The normalized spacial score (nSPS) is 11.0. The molecule has 0 radical (unpaired) electrons. The summed E-state index contributed by atoms with van der Waals surface area (Å²) in [6.45, 7) is 0.731. The Morgan fingerprint density at radius 3 is 2.62 bits per heavy atom. The minimum atomic E-state index is -0.388. The van der Waals surface area contributed by atoms with Crippen LogP contribution in [0, 0.1) is 0 Å². The Labute approximate surface area is 144 Å². The number of hydrogen-bond acceptors (Lipinski definition) is 6. The van der Waals surface area contributed by atoms with Gasteiger partial charge in [-0.3, -0.25) is 10.1 Å². The van der Waals surface area contributed by atoms with E-state index in [0.717, 1.165) is 17.8 Å². The maximum atomic E-state index is 11.9. The van der Waals surface area contributed by atoms with Crippen LogP contribution in [0.4, 0.5) is 5.13 Å². The topological polar surface area (TPSA) is 71.5 Å². The molecule has 1 heterocycles. The molecule has 0 bridgehead atoms. The molecule has 0 fully saturated rings. The van der Waals surface area contributed by atoms with Crippen molar-refractivity contribution >= 4 is 34.4 Å². The first-order chi connectivity index (χ1) is 11.5. The van der Waals surface area contributed by atoms with Crippen LogP contribution in [0.1, 0.15) is 21.6 Å². The summed E-state index contributed by atoms with van der Waals surface area (Å²) >= 11 is 1.39. The number of aromatic nitrogens is 1. The van der Waals surface area contributed by atoms with Crippen molar-refractivity contribution in [1.29, 1.82) is 0 Å². The zero-order chi connectivity index (χ0) is 17.5. The molecule has 24 heavy (non-hydrogen) atoms. The van der Waals surface area contributed by atoms with Gasteiger partial charge in [-0.25, -0.2) is 9.78 Å². The highest BCUT2D eigenvalue weighted by molar-refractivity contribution is 7.13. The minimum Gasteiger partial charge on any atom is -0.465 e. The molecule has 0 aliphatic carbocycles.